The van der Waals surface area contributed by atoms with E-state index >= 15 is 0 Å². The lowest BCUT2D eigenvalue weighted by Crippen LogP contribution is -2.38. The number of carbonyl (C=O) groups excluding carboxylic acids is 3. The molecular formula is C17H19N3O4S. The molecule has 0 saturated carbocycles. The van der Waals surface area contributed by atoms with Gasteiger partial charge < -0.3 is 15.3 Å². The van der Waals surface area contributed by atoms with Crippen LogP contribution in [0.25, 0.3) is 0 Å². The minimum Gasteiger partial charge on any atom is -0.395 e. The van der Waals surface area contributed by atoms with E-state index in [1.54, 1.807) is 29.2 Å². The van der Waals surface area contributed by atoms with Crippen LogP contribution in [-0.2, 0) is 9.59 Å². The highest BCUT2D eigenvalue weighted by Crippen LogP contribution is 2.23. The monoisotopic (exact) mass is 361 g/mol. The summed E-state index contributed by atoms with van der Waals surface area (Å²) in [5.41, 5.74) is 1.06. The summed E-state index contributed by atoms with van der Waals surface area (Å²) in [6.45, 7) is 1.05. The van der Waals surface area contributed by atoms with Crippen molar-refractivity contribution in [3.05, 3.63) is 41.6 Å². The molecule has 0 unspecified atom stereocenters. The SMILES string of the molecule is O=C(c1ccccc1NC1=CC(=O)N(CCO)C1=O)N1CCSCC1. The lowest BCUT2D eigenvalue weighted by Gasteiger charge is -2.27. The molecule has 2 heterocycles. The molecule has 0 radical (unpaired) electrons. The largest absolute Gasteiger partial charge is 0.395 e. The molecule has 1 fully saturated rings. The molecule has 0 atom stereocenters. The number of rotatable bonds is 5. The van der Waals surface area contributed by atoms with E-state index in [4.69, 9.17) is 5.11 Å². The standard InChI is InChI=1S/C17H19N3O4S/c21-8-5-20-15(22)11-14(17(20)24)18-13-4-2-1-3-12(13)16(23)19-6-9-25-10-7-19/h1-4,11,18,21H,5-10H2. The van der Waals surface area contributed by atoms with Crippen molar-refractivity contribution in [3.8, 4) is 0 Å². The number of hydrogen-bond donors (Lipinski definition) is 2. The molecule has 1 aromatic carbocycles. The second-order valence-corrected chi connectivity index (χ2v) is 6.88. The first kappa shape index (κ1) is 17.5. The third-order valence-corrected chi connectivity index (χ3v) is 5.00. The number of carbonyl (C=O) groups is 3. The minimum atomic E-state index is -0.504. The molecule has 7 nitrogen and oxygen atoms in total. The molecule has 0 spiro atoms. The first-order valence-electron chi connectivity index (χ1n) is 8.03. The van der Waals surface area contributed by atoms with Gasteiger partial charge in [0.15, 0.2) is 0 Å². The lowest BCUT2D eigenvalue weighted by molar-refractivity contribution is -0.137. The molecule has 1 saturated heterocycles. The molecule has 132 valence electrons. The van der Waals surface area contributed by atoms with Gasteiger partial charge in [0.05, 0.1) is 24.4 Å². The lowest BCUT2D eigenvalue weighted by atomic mass is 10.1. The number of aliphatic hydroxyl groups excluding tert-OH is 1. The van der Waals surface area contributed by atoms with Gasteiger partial charge in [-0.15, -0.1) is 0 Å². The average Bonchev–Trinajstić information content (AvgIpc) is 2.90. The van der Waals surface area contributed by atoms with Gasteiger partial charge in [-0.1, -0.05) is 12.1 Å². The molecular weight excluding hydrogens is 342 g/mol. The van der Waals surface area contributed by atoms with Gasteiger partial charge in [0.1, 0.15) is 5.70 Å². The summed E-state index contributed by atoms with van der Waals surface area (Å²) < 4.78 is 0. The number of thioether (sulfide) groups is 1. The first-order valence-corrected chi connectivity index (χ1v) is 9.18. The maximum Gasteiger partial charge on any atom is 0.277 e. The molecule has 2 aliphatic rings. The van der Waals surface area contributed by atoms with Crippen molar-refractivity contribution in [2.75, 3.05) is 43.1 Å². The zero-order valence-corrected chi connectivity index (χ0v) is 14.4. The van der Waals surface area contributed by atoms with Crippen molar-refractivity contribution in [2.45, 2.75) is 0 Å². The molecule has 2 N–H and O–H groups in total. The fourth-order valence-corrected chi connectivity index (χ4v) is 3.67. The summed E-state index contributed by atoms with van der Waals surface area (Å²) in [6.07, 6.45) is 1.19. The van der Waals surface area contributed by atoms with E-state index in [-0.39, 0.29) is 24.8 Å². The quantitative estimate of drug-likeness (QED) is 0.744. The molecule has 0 bridgehead atoms. The second-order valence-electron chi connectivity index (χ2n) is 5.65. The van der Waals surface area contributed by atoms with Crippen molar-refractivity contribution in [3.63, 3.8) is 0 Å². The van der Waals surface area contributed by atoms with E-state index < -0.39 is 11.8 Å². The van der Waals surface area contributed by atoms with Gasteiger partial charge in [0.2, 0.25) is 0 Å². The van der Waals surface area contributed by atoms with Crippen LogP contribution in [0.2, 0.25) is 0 Å². The number of nitrogens with one attached hydrogen (secondary N) is 1. The molecule has 2 aliphatic heterocycles. The van der Waals surface area contributed by atoms with Crippen LogP contribution >= 0.6 is 11.8 Å². The highest BCUT2D eigenvalue weighted by Gasteiger charge is 2.31. The van der Waals surface area contributed by atoms with Gasteiger partial charge in [-0.25, -0.2) is 0 Å². The Labute approximate surface area is 149 Å². The van der Waals surface area contributed by atoms with Crippen molar-refractivity contribution in [1.82, 2.24) is 9.80 Å². The number of aliphatic hydroxyl groups is 1. The van der Waals surface area contributed by atoms with Gasteiger partial charge >= 0.3 is 0 Å². The van der Waals surface area contributed by atoms with Crippen LogP contribution in [0.1, 0.15) is 10.4 Å². The molecule has 1 aromatic rings. The Bertz CT molecular complexity index is 728. The van der Waals surface area contributed by atoms with Crippen molar-refractivity contribution in [1.29, 1.82) is 0 Å². The number of β-amino-alcohol motifs (C(OH)–C–C–N with tert-alkyl or cyclic N) is 1. The van der Waals surface area contributed by atoms with Crippen LogP contribution < -0.4 is 5.32 Å². The first-order chi connectivity index (χ1) is 12.1. The van der Waals surface area contributed by atoms with Crippen molar-refractivity contribution in [2.24, 2.45) is 0 Å². The maximum atomic E-state index is 12.8. The summed E-state index contributed by atoms with van der Waals surface area (Å²) in [5.74, 6) is 0.757. The zero-order valence-electron chi connectivity index (χ0n) is 13.6. The van der Waals surface area contributed by atoms with Crippen molar-refractivity contribution < 1.29 is 19.5 Å². The molecule has 3 rings (SSSR count). The average molecular weight is 361 g/mol. The van der Waals surface area contributed by atoms with E-state index in [0.717, 1.165) is 16.4 Å². The van der Waals surface area contributed by atoms with Crippen LogP contribution in [0, 0.1) is 0 Å². The molecule has 3 amide bonds. The number of amides is 3. The molecule has 8 heteroatoms. The van der Waals surface area contributed by atoms with Crippen LogP contribution in [-0.4, -0.2) is 70.4 Å². The van der Waals surface area contributed by atoms with Crippen LogP contribution in [0.15, 0.2) is 36.0 Å². The van der Waals surface area contributed by atoms with Gasteiger partial charge in [-0.05, 0) is 12.1 Å². The summed E-state index contributed by atoms with van der Waals surface area (Å²) in [5, 5.41) is 11.9. The van der Waals surface area contributed by atoms with Crippen LogP contribution in [0.3, 0.4) is 0 Å². The van der Waals surface area contributed by atoms with E-state index in [1.165, 1.54) is 6.08 Å². The van der Waals surface area contributed by atoms with Gasteiger partial charge in [-0.2, -0.15) is 11.8 Å². The predicted molar refractivity (Wildman–Crippen MR) is 95.2 cm³/mol. The Balaban J connectivity index is 1.80. The number of benzene rings is 1. The summed E-state index contributed by atoms with van der Waals surface area (Å²) >= 11 is 1.82. The van der Waals surface area contributed by atoms with E-state index in [0.29, 0.717) is 24.3 Å². The summed E-state index contributed by atoms with van der Waals surface area (Å²) in [4.78, 5) is 39.6. The third kappa shape index (κ3) is 3.69. The fraction of sp³-hybridized carbons (Fsp3) is 0.353. The Morgan fingerprint density at radius 3 is 2.64 bits per heavy atom. The molecule has 0 aromatic heterocycles. The number of imide groups is 1. The van der Waals surface area contributed by atoms with Gasteiger partial charge in [0, 0.05) is 30.7 Å². The maximum absolute atomic E-state index is 12.8. The normalized spacial score (nSPS) is 17.7. The smallest absolute Gasteiger partial charge is 0.277 e. The van der Waals surface area contributed by atoms with E-state index in [2.05, 4.69) is 5.32 Å². The van der Waals surface area contributed by atoms with Crippen LogP contribution in [0.5, 0.6) is 0 Å². The van der Waals surface area contributed by atoms with Gasteiger partial charge in [0.25, 0.3) is 17.7 Å². The number of nitrogens with zero attached hydrogens (tertiary/aromatic N) is 2. The Hall–Kier alpha value is -2.32. The van der Waals surface area contributed by atoms with Gasteiger partial charge in [-0.3, -0.25) is 19.3 Å². The van der Waals surface area contributed by atoms with E-state index in [1.807, 2.05) is 11.8 Å². The Morgan fingerprint density at radius 1 is 1.20 bits per heavy atom. The number of hydrogen-bond acceptors (Lipinski definition) is 6. The number of anilines is 1. The van der Waals surface area contributed by atoms with Crippen molar-refractivity contribution >= 4 is 35.2 Å². The Kier molecular flexibility index (Phi) is 5.40. The highest BCUT2D eigenvalue weighted by atomic mass is 32.2. The molecule has 25 heavy (non-hydrogen) atoms. The summed E-state index contributed by atoms with van der Waals surface area (Å²) in [7, 11) is 0. The van der Waals surface area contributed by atoms with E-state index in [9.17, 15) is 14.4 Å². The topological polar surface area (TPSA) is 90.0 Å². The zero-order chi connectivity index (χ0) is 17.8. The van der Waals surface area contributed by atoms with Crippen LogP contribution in [0.4, 0.5) is 5.69 Å². The minimum absolute atomic E-state index is 0.0502. The highest BCUT2D eigenvalue weighted by molar-refractivity contribution is 7.99. The third-order valence-electron chi connectivity index (χ3n) is 4.06. The second kappa shape index (κ2) is 7.71. The summed E-state index contributed by atoms with van der Waals surface area (Å²) in [6, 6.07) is 6.95. The Morgan fingerprint density at radius 2 is 1.92 bits per heavy atom. The fourth-order valence-electron chi connectivity index (χ4n) is 2.77. The molecule has 0 aliphatic carbocycles. The number of para-hydroxylation sites is 1. The predicted octanol–water partition coefficient (Wildman–Crippen LogP) is 0.532.